The Hall–Kier alpha value is -2.38. The van der Waals surface area contributed by atoms with E-state index in [9.17, 15) is 10.1 Å². The molecule has 2 rings (SSSR count). The highest BCUT2D eigenvalue weighted by Gasteiger charge is 2.12. The zero-order chi connectivity index (χ0) is 15.2. The van der Waals surface area contributed by atoms with Crippen LogP contribution in [0.5, 0.6) is 5.75 Å². The van der Waals surface area contributed by atoms with Gasteiger partial charge in [0.15, 0.2) is 0 Å². The molecule has 21 heavy (non-hydrogen) atoms. The van der Waals surface area contributed by atoms with Gasteiger partial charge in [0.1, 0.15) is 17.4 Å². The average molecular weight is 342 g/mol. The standard InChI is InChI=1S/C17H12BrNO2/c1-21-16-7-3-5-13(10-16)17(20)14(11-19)8-12-4-2-6-15(18)9-12/h2-10H,1H3. The van der Waals surface area contributed by atoms with Gasteiger partial charge in [0, 0.05) is 10.0 Å². The van der Waals surface area contributed by atoms with Crippen LogP contribution in [-0.4, -0.2) is 12.9 Å². The second-order valence-corrected chi connectivity index (χ2v) is 5.20. The van der Waals surface area contributed by atoms with Crippen molar-refractivity contribution < 1.29 is 9.53 Å². The van der Waals surface area contributed by atoms with Crippen LogP contribution >= 0.6 is 15.9 Å². The van der Waals surface area contributed by atoms with Crippen molar-refractivity contribution in [1.82, 2.24) is 0 Å². The highest BCUT2D eigenvalue weighted by atomic mass is 79.9. The molecule has 3 nitrogen and oxygen atoms in total. The molecule has 0 saturated heterocycles. The van der Waals surface area contributed by atoms with Gasteiger partial charge in [-0.25, -0.2) is 0 Å². The molecule has 0 fully saturated rings. The molecule has 0 N–H and O–H groups in total. The molecule has 0 aliphatic rings. The minimum atomic E-state index is -0.323. The predicted molar refractivity (Wildman–Crippen MR) is 85.1 cm³/mol. The number of benzene rings is 2. The molecule has 0 aromatic heterocycles. The van der Waals surface area contributed by atoms with E-state index in [1.54, 1.807) is 30.3 Å². The van der Waals surface area contributed by atoms with Crippen LogP contribution in [0.2, 0.25) is 0 Å². The van der Waals surface area contributed by atoms with Crippen molar-refractivity contribution in [2.45, 2.75) is 0 Å². The van der Waals surface area contributed by atoms with Gasteiger partial charge in [-0.05, 0) is 35.9 Å². The number of nitriles is 1. The predicted octanol–water partition coefficient (Wildman–Crippen LogP) is 4.25. The number of methoxy groups -OCH3 is 1. The van der Waals surface area contributed by atoms with E-state index < -0.39 is 0 Å². The van der Waals surface area contributed by atoms with Crippen LogP contribution in [0.15, 0.2) is 58.6 Å². The Bertz CT molecular complexity index is 744. The first-order valence-electron chi connectivity index (χ1n) is 6.20. The summed E-state index contributed by atoms with van der Waals surface area (Å²) in [4.78, 5) is 12.4. The van der Waals surface area contributed by atoms with E-state index in [-0.39, 0.29) is 11.4 Å². The van der Waals surface area contributed by atoms with E-state index in [1.807, 2.05) is 30.3 Å². The topological polar surface area (TPSA) is 50.1 Å². The molecule has 0 aliphatic carbocycles. The van der Waals surface area contributed by atoms with Crippen molar-refractivity contribution in [3.63, 3.8) is 0 Å². The molecule has 104 valence electrons. The van der Waals surface area contributed by atoms with Crippen LogP contribution in [0.4, 0.5) is 0 Å². The molecule has 0 saturated carbocycles. The molecule has 0 bridgehead atoms. The number of halogens is 1. The lowest BCUT2D eigenvalue weighted by Gasteiger charge is -2.03. The first-order valence-corrected chi connectivity index (χ1v) is 6.99. The fourth-order valence-corrected chi connectivity index (χ4v) is 2.25. The summed E-state index contributed by atoms with van der Waals surface area (Å²) in [6, 6.07) is 16.1. The minimum Gasteiger partial charge on any atom is -0.497 e. The molecule has 2 aromatic carbocycles. The lowest BCUT2D eigenvalue weighted by atomic mass is 10.0. The van der Waals surface area contributed by atoms with Crippen molar-refractivity contribution in [2.75, 3.05) is 7.11 Å². The smallest absolute Gasteiger partial charge is 0.203 e. The van der Waals surface area contributed by atoms with Gasteiger partial charge in [0.25, 0.3) is 0 Å². The Morgan fingerprint density at radius 1 is 1.24 bits per heavy atom. The third-order valence-corrected chi connectivity index (χ3v) is 3.35. The van der Waals surface area contributed by atoms with Crippen LogP contribution in [0.1, 0.15) is 15.9 Å². The number of carbonyl (C=O) groups excluding carboxylic acids is 1. The number of allylic oxidation sites excluding steroid dienone is 1. The summed E-state index contributed by atoms with van der Waals surface area (Å²) in [6.07, 6.45) is 1.58. The van der Waals surface area contributed by atoms with Crippen LogP contribution < -0.4 is 4.74 Å². The summed E-state index contributed by atoms with van der Waals surface area (Å²) in [7, 11) is 1.53. The largest absolute Gasteiger partial charge is 0.497 e. The van der Waals surface area contributed by atoms with E-state index in [1.165, 1.54) is 7.11 Å². The van der Waals surface area contributed by atoms with Crippen LogP contribution in [0.25, 0.3) is 6.08 Å². The number of ether oxygens (including phenoxy) is 1. The summed E-state index contributed by atoms with van der Waals surface area (Å²) >= 11 is 3.36. The number of carbonyl (C=O) groups is 1. The Balaban J connectivity index is 2.37. The van der Waals surface area contributed by atoms with Gasteiger partial charge < -0.3 is 4.74 Å². The molecule has 0 spiro atoms. The maximum Gasteiger partial charge on any atom is 0.203 e. The van der Waals surface area contributed by atoms with Gasteiger partial charge in [-0.15, -0.1) is 0 Å². The van der Waals surface area contributed by atoms with E-state index in [0.717, 1.165) is 10.0 Å². The highest BCUT2D eigenvalue weighted by molar-refractivity contribution is 9.10. The first-order chi connectivity index (χ1) is 10.1. The molecule has 0 amide bonds. The number of hydrogen-bond acceptors (Lipinski definition) is 3. The van der Waals surface area contributed by atoms with Crippen molar-refractivity contribution in [2.24, 2.45) is 0 Å². The van der Waals surface area contributed by atoms with Crippen molar-refractivity contribution in [3.8, 4) is 11.8 Å². The van der Waals surface area contributed by atoms with Gasteiger partial charge in [-0.1, -0.05) is 40.2 Å². The van der Waals surface area contributed by atoms with Gasteiger partial charge >= 0.3 is 0 Å². The fraction of sp³-hybridized carbons (Fsp3) is 0.0588. The number of ketones is 1. The molecule has 0 atom stereocenters. The Kier molecular flexibility index (Phi) is 4.91. The Labute approximate surface area is 131 Å². The zero-order valence-corrected chi connectivity index (χ0v) is 12.9. The number of nitrogens with zero attached hydrogens (tertiary/aromatic N) is 1. The summed E-state index contributed by atoms with van der Waals surface area (Å²) in [5.74, 6) is 0.261. The molecule has 2 aromatic rings. The molecule has 0 unspecified atom stereocenters. The van der Waals surface area contributed by atoms with Crippen molar-refractivity contribution in [3.05, 3.63) is 69.7 Å². The van der Waals surface area contributed by atoms with Crippen LogP contribution in [0.3, 0.4) is 0 Å². The number of Topliss-reactive ketones (excluding diaryl/α,β-unsaturated/α-hetero) is 1. The average Bonchev–Trinajstić information content (AvgIpc) is 2.52. The molecule has 4 heteroatoms. The second-order valence-electron chi connectivity index (χ2n) is 4.29. The minimum absolute atomic E-state index is 0.0846. The SMILES string of the molecule is COc1cccc(C(=O)C(C#N)=Cc2cccc(Br)c2)c1. The van der Waals surface area contributed by atoms with E-state index >= 15 is 0 Å². The summed E-state index contributed by atoms with van der Waals surface area (Å²) in [6.45, 7) is 0. The first kappa shape index (κ1) is 15.0. The second kappa shape index (κ2) is 6.87. The van der Waals surface area contributed by atoms with Gasteiger partial charge in [0.2, 0.25) is 5.78 Å². The van der Waals surface area contributed by atoms with Crippen LogP contribution in [0, 0.1) is 11.3 Å². The molecule has 0 radical (unpaired) electrons. The zero-order valence-electron chi connectivity index (χ0n) is 11.3. The monoisotopic (exact) mass is 341 g/mol. The molecular formula is C17H12BrNO2. The highest BCUT2D eigenvalue weighted by Crippen LogP contribution is 2.19. The quantitative estimate of drug-likeness (QED) is 0.474. The van der Waals surface area contributed by atoms with Crippen LogP contribution in [-0.2, 0) is 0 Å². The maximum atomic E-state index is 12.4. The lowest BCUT2D eigenvalue weighted by molar-refractivity contribution is 0.103. The number of hydrogen-bond donors (Lipinski definition) is 0. The summed E-state index contributed by atoms with van der Waals surface area (Å²) < 4.78 is 5.98. The third-order valence-electron chi connectivity index (χ3n) is 2.86. The lowest BCUT2D eigenvalue weighted by Crippen LogP contribution is -2.02. The van der Waals surface area contributed by atoms with E-state index in [4.69, 9.17) is 4.74 Å². The Morgan fingerprint density at radius 2 is 2.00 bits per heavy atom. The Morgan fingerprint density at radius 3 is 2.67 bits per heavy atom. The fourth-order valence-electron chi connectivity index (χ4n) is 1.83. The number of rotatable bonds is 4. The van der Waals surface area contributed by atoms with E-state index in [2.05, 4.69) is 15.9 Å². The van der Waals surface area contributed by atoms with Crippen molar-refractivity contribution >= 4 is 27.8 Å². The molecule has 0 heterocycles. The van der Waals surface area contributed by atoms with Gasteiger partial charge in [0.05, 0.1) is 7.11 Å². The van der Waals surface area contributed by atoms with E-state index in [0.29, 0.717) is 11.3 Å². The summed E-state index contributed by atoms with van der Waals surface area (Å²) in [5, 5.41) is 9.23. The summed E-state index contributed by atoms with van der Waals surface area (Å²) in [5.41, 5.74) is 1.30. The normalized spacial score (nSPS) is 10.8. The van der Waals surface area contributed by atoms with Gasteiger partial charge in [-0.2, -0.15) is 5.26 Å². The maximum absolute atomic E-state index is 12.4. The molecule has 0 aliphatic heterocycles. The van der Waals surface area contributed by atoms with Crippen molar-refractivity contribution in [1.29, 1.82) is 5.26 Å². The molecular weight excluding hydrogens is 330 g/mol. The van der Waals surface area contributed by atoms with Gasteiger partial charge in [-0.3, -0.25) is 4.79 Å². The third kappa shape index (κ3) is 3.80.